The molecule has 2 nitrogen and oxygen atoms in total. The number of hydrogen-bond donors (Lipinski definition) is 0. The standard InChI is InChI=1S/C32H12BF24.C11H15O2S/c34-25(35,36)13-1-14(26(37,38)39)6-21(5-13)33(22-7-15(27(40,41)42)2-16(8-22)28(43,44)45,23-9-17(29(46,47)48)3-18(10-23)30(49,50)51)24-11-19(31(52,53)54)4-20(12-24)32(55,56)57;1-13-11(12)10-6-4-5-9(7-10)8-14(2)3/h1-12H;4-7H,8H2,1-3H3/q-1;+1. The Morgan fingerprint density at radius 1 is 0.394 bits per heavy atom. The number of benzene rings is 5. The van der Waals surface area contributed by atoms with Gasteiger partial charge >= 0.3 is 55.4 Å². The number of alkyl halides is 24. The molecular weight excluding hydrogens is 1050 g/mol. The average molecular weight is 1070 g/mol. The second kappa shape index (κ2) is 19.7. The zero-order valence-corrected chi connectivity index (χ0v) is 36.1. The van der Waals surface area contributed by atoms with Gasteiger partial charge in [-0.05, 0) is 47.3 Å². The Balaban J connectivity index is 0.000000671. The van der Waals surface area contributed by atoms with Crippen molar-refractivity contribution in [2.24, 2.45) is 0 Å². The molecule has 0 amide bonds. The van der Waals surface area contributed by atoms with Crippen molar-refractivity contribution in [1.82, 2.24) is 0 Å². The lowest BCUT2D eigenvalue weighted by molar-refractivity contribution is -0.144. The van der Waals surface area contributed by atoms with Crippen LogP contribution >= 0.6 is 0 Å². The van der Waals surface area contributed by atoms with E-state index in [9.17, 15) is 110 Å². The summed E-state index contributed by atoms with van der Waals surface area (Å²) >= 11 is 0. The van der Waals surface area contributed by atoms with Gasteiger partial charge in [0.1, 0.15) is 11.9 Å². The first-order chi connectivity index (χ1) is 31.9. The summed E-state index contributed by atoms with van der Waals surface area (Å²) in [6.07, 6.45) is -50.4. The van der Waals surface area contributed by atoms with Crippen LogP contribution in [0.5, 0.6) is 0 Å². The Bertz CT molecular complexity index is 2280. The third-order valence-corrected chi connectivity index (χ3v) is 11.2. The Morgan fingerprint density at radius 2 is 0.620 bits per heavy atom. The summed E-state index contributed by atoms with van der Waals surface area (Å²) in [6.45, 7) is 0. The van der Waals surface area contributed by atoms with Crippen molar-refractivity contribution in [3.05, 3.63) is 153 Å². The van der Waals surface area contributed by atoms with Crippen LogP contribution in [0.25, 0.3) is 0 Å². The fourth-order valence-electron chi connectivity index (χ4n) is 7.31. The van der Waals surface area contributed by atoms with Gasteiger partial charge in [-0.3, -0.25) is 0 Å². The Hall–Kier alpha value is -5.70. The molecule has 0 heterocycles. The molecule has 0 aromatic heterocycles. The average Bonchev–Trinajstić information content (AvgIpc) is 3.21. The minimum atomic E-state index is -6.13. The molecule has 28 heteroatoms. The van der Waals surface area contributed by atoms with Crippen LogP contribution < -0.4 is 21.9 Å². The smallest absolute Gasteiger partial charge is 0.416 e. The van der Waals surface area contributed by atoms with E-state index in [0.717, 1.165) is 5.75 Å². The maximum Gasteiger partial charge on any atom is 0.416 e. The van der Waals surface area contributed by atoms with Gasteiger partial charge in [-0.25, -0.2) is 4.79 Å². The van der Waals surface area contributed by atoms with Crippen LogP contribution in [-0.4, -0.2) is 31.7 Å². The number of rotatable bonds is 7. The highest BCUT2D eigenvalue weighted by atomic mass is 32.2. The summed E-state index contributed by atoms with van der Waals surface area (Å²) < 4.78 is 345. The fourth-order valence-corrected chi connectivity index (χ4v) is 8.16. The molecule has 0 saturated carbocycles. The molecule has 0 unspecified atom stereocenters. The number of carbonyl (C=O) groups is 1. The number of hydrogen-bond acceptors (Lipinski definition) is 2. The first-order valence-electron chi connectivity index (χ1n) is 19.0. The third kappa shape index (κ3) is 13.8. The summed E-state index contributed by atoms with van der Waals surface area (Å²) in [4.78, 5) is 11.2. The molecule has 0 aliphatic carbocycles. The molecular formula is C43H27BF24O2S. The Kier molecular flexibility index (Phi) is 16.1. The van der Waals surface area contributed by atoms with Gasteiger partial charge < -0.3 is 4.74 Å². The molecule has 0 saturated heterocycles. The number of halogens is 24. The first kappa shape index (κ1) is 57.9. The van der Waals surface area contributed by atoms with Gasteiger partial charge in [0.15, 0.2) is 0 Å². The second-order valence-corrected chi connectivity index (χ2v) is 17.8. The maximum absolute atomic E-state index is 14.2. The van der Waals surface area contributed by atoms with Gasteiger partial charge in [0.25, 0.3) is 0 Å². The number of esters is 1. The lowest BCUT2D eigenvalue weighted by Crippen LogP contribution is -2.75. The molecule has 0 radical (unpaired) electrons. The molecule has 5 aromatic carbocycles. The van der Waals surface area contributed by atoms with Crippen molar-refractivity contribution in [2.75, 3.05) is 19.6 Å². The molecule has 5 aromatic rings. The first-order valence-corrected chi connectivity index (χ1v) is 21.2. The molecule has 0 aliphatic rings. The van der Waals surface area contributed by atoms with Gasteiger partial charge in [-0.1, -0.05) is 60.7 Å². The van der Waals surface area contributed by atoms with E-state index in [0.29, 0.717) is 16.5 Å². The van der Waals surface area contributed by atoms with Crippen molar-refractivity contribution in [1.29, 1.82) is 0 Å². The monoisotopic (exact) mass is 1070 g/mol. The molecule has 71 heavy (non-hydrogen) atoms. The predicted molar refractivity (Wildman–Crippen MR) is 211 cm³/mol. The van der Waals surface area contributed by atoms with E-state index in [1.165, 1.54) is 12.7 Å². The van der Waals surface area contributed by atoms with Gasteiger partial charge in [0.2, 0.25) is 0 Å². The van der Waals surface area contributed by atoms with Crippen molar-refractivity contribution in [2.45, 2.75) is 55.2 Å². The third-order valence-electron chi connectivity index (χ3n) is 10.2. The normalized spacial score (nSPS) is 13.5. The van der Waals surface area contributed by atoms with Gasteiger partial charge in [0.05, 0.1) is 69.7 Å². The Labute approximate surface area is 386 Å². The SMILES string of the molecule is COC(=O)c1cccc(C[S+](C)C)c1.FC(F)(F)c1cc([B-](c2cc(C(F)(F)F)cc(C(F)(F)F)c2)(c2cc(C(F)(F)F)cc(C(F)(F)F)c2)c2cc(C(F)(F)F)cc(C(F)(F)F)c2)cc(C(F)(F)F)c1. The van der Waals surface area contributed by atoms with Crippen LogP contribution in [0.3, 0.4) is 0 Å². The number of ether oxygens (including phenoxy) is 1. The summed E-state index contributed by atoms with van der Waals surface area (Å²) in [5.41, 5.74) is -28.4. The zero-order chi connectivity index (χ0) is 54.5. The minimum Gasteiger partial charge on any atom is -0.465 e. The van der Waals surface area contributed by atoms with Crippen LogP contribution in [0, 0.1) is 0 Å². The van der Waals surface area contributed by atoms with Crippen molar-refractivity contribution >= 4 is 44.9 Å². The second-order valence-electron chi connectivity index (χ2n) is 15.5. The minimum absolute atomic E-state index is 0.265. The lowest BCUT2D eigenvalue weighted by atomic mass is 9.12. The topological polar surface area (TPSA) is 26.3 Å². The quantitative estimate of drug-likeness (QED) is 0.0703. The summed E-state index contributed by atoms with van der Waals surface area (Å²) in [5, 5.41) is 0. The van der Waals surface area contributed by atoms with Crippen molar-refractivity contribution in [3.63, 3.8) is 0 Å². The molecule has 5 rings (SSSR count). The number of methoxy groups -OCH3 is 1. The molecule has 0 atom stereocenters. The molecule has 0 fully saturated rings. The highest BCUT2D eigenvalue weighted by Gasteiger charge is 2.47. The largest absolute Gasteiger partial charge is 0.465 e. The van der Waals surface area contributed by atoms with Crippen LogP contribution in [0.4, 0.5) is 105 Å². The van der Waals surface area contributed by atoms with E-state index < -0.39 is 195 Å². The zero-order valence-electron chi connectivity index (χ0n) is 35.3. The summed E-state index contributed by atoms with van der Waals surface area (Å²) in [6, 6.07) is -1.19. The molecule has 0 spiro atoms. The molecule has 0 N–H and O–H groups in total. The van der Waals surface area contributed by atoms with E-state index in [1.807, 2.05) is 18.2 Å². The molecule has 0 aliphatic heterocycles. The van der Waals surface area contributed by atoms with Crippen LogP contribution in [0.15, 0.2) is 97.1 Å². The van der Waals surface area contributed by atoms with E-state index >= 15 is 0 Å². The van der Waals surface area contributed by atoms with E-state index in [1.54, 1.807) is 6.07 Å². The van der Waals surface area contributed by atoms with E-state index in [2.05, 4.69) is 17.2 Å². The van der Waals surface area contributed by atoms with Crippen molar-refractivity contribution in [3.8, 4) is 0 Å². The highest BCUT2D eigenvalue weighted by Crippen LogP contribution is 2.41. The maximum atomic E-state index is 14.2. The predicted octanol–water partition coefficient (Wildman–Crippen LogP) is 13.1. The fraction of sp³-hybridized carbons (Fsp3) is 0.279. The van der Waals surface area contributed by atoms with Gasteiger partial charge in [-0.15, -0.1) is 0 Å². The molecule has 388 valence electrons. The molecule has 0 bridgehead atoms. The van der Waals surface area contributed by atoms with Gasteiger partial charge in [0, 0.05) is 5.56 Å². The number of carbonyl (C=O) groups excluding carboxylic acids is 1. The van der Waals surface area contributed by atoms with Gasteiger partial charge in [-0.2, -0.15) is 127 Å². The van der Waals surface area contributed by atoms with Crippen LogP contribution in [0.1, 0.15) is 60.4 Å². The van der Waals surface area contributed by atoms with E-state index in [-0.39, 0.29) is 5.97 Å². The summed E-state index contributed by atoms with van der Waals surface area (Å²) in [5.74, 6) is 0.754. The van der Waals surface area contributed by atoms with Crippen molar-refractivity contribution < 1.29 is 115 Å². The van der Waals surface area contributed by atoms with Crippen LogP contribution in [0.2, 0.25) is 0 Å². The Morgan fingerprint density at radius 3 is 0.803 bits per heavy atom. The van der Waals surface area contributed by atoms with Crippen LogP contribution in [-0.2, 0) is 70.8 Å². The summed E-state index contributed by atoms with van der Waals surface area (Å²) in [7, 11) is 1.76. The highest BCUT2D eigenvalue weighted by molar-refractivity contribution is 7.94. The van der Waals surface area contributed by atoms with E-state index in [4.69, 9.17) is 0 Å². The lowest BCUT2D eigenvalue weighted by Gasteiger charge is -2.46.